The Morgan fingerprint density at radius 1 is 1.13 bits per heavy atom. The van der Waals surface area contributed by atoms with Gasteiger partial charge in [0, 0.05) is 15.7 Å². The van der Waals surface area contributed by atoms with Gasteiger partial charge in [-0.1, -0.05) is 47.5 Å². The SMILES string of the molecule is Cc1ccc(Cl)cc1NC(=O)COC(=O)Cc1ccccc1Cl. The van der Waals surface area contributed by atoms with Crippen molar-refractivity contribution in [1.29, 1.82) is 0 Å². The van der Waals surface area contributed by atoms with Crippen molar-refractivity contribution >= 4 is 40.8 Å². The third-order valence-corrected chi connectivity index (χ3v) is 3.73. The van der Waals surface area contributed by atoms with E-state index in [0.717, 1.165) is 5.56 Å². The summed E-state index contributed by atoms with van der Waals surface area (Å²) in [5.74, 6) is -0.945. The number of ether oxygens (including phenoxy) is 1. The highest BCUT2D eigenvalue weighted by atomic mass is 35.5. The Kier molecular flexibility index (Phi) is 6.02. The van der Waals surface area contributed by atoms with E-state index in [4.69, 9.17) is 27.9 Å². The minimum Gasteiger partial charge on any atom is -0.455 e. The van der Waals surface area contributed by atoms with Crippen molar-refractivity contribution in [2.45, 2.75) is 13.3 Å². The molecule has 1 amide bonds. The molecule has 0 atom stereocenters. The number of anilines is 1. The number of nitrogens with one attached hydrogen (secondary N) is 1. The summed E-state index contributed by atoms with van der Waals surface area (Å²) in [6.07, 6.45) is 0.0170. The topological polar surface area (TPSA) is 55.4 Å². The lowest BCUT2D eigenvalue weighted by Crippen LogP contribution is -2.22. The van der Waals surface area contributed by atoms with Crippen LogP contribution in [-0.2, 0) is 20.7 Å². The van der Waals surface area contributed by atoms with Crippen LogP contribution in [0.5, 0.6) is 0 Å². The van der Waals surface area contributed by atoms with Gasteiger partial charge < -0.3 is 10.1 Å². The van der Waals surface area contributed by atoms with E-state index >= 15 is 0 Å². The Balaban J connectivity index is 1.85. The van der Waals surface area contributed by atoms with Crippen molar-refractivity contribution in [3.8, 4) is 0 Å². The Morgan fingerprint density at radius 3 is 2.61 bits per heavy atom. The second kappa shape index (κ2) is 7.99. The number of benzene rings is 2. The summed E-state index contributed by atoms with van der Waals surface area (Å²) in [6, 6.07) is 12.1. The third-order valence-electron chi connectivity index (χ3n) is 3.13. The number of esters is 1. The van der Waals surface area contributed by atoms with Gasteiger partial charge in [0.05, 0.1) is 6.42 Å². The van der Waals surface area contributed by atoms with E-state index in [-0.39, 0.29) is 13.0 Å². The monoisotopic (exact) mass is 351 g/mol. The molecule has 0 radical (unpaired) electrons. The molecule has 2 aromatic rings. The maximum absolute atomic E-state index is 11.8. The Hall–Kier alpha value is -2.04. The van der Waals surface area contributed by atoms with Gasteiger partial charge in [0.2, 0.25) is 0 Å². The van der Waals surface area contributed by atoms with Crippen molar-refractivity contribution < 1.29 is 14.3 Å². The van der Waals surface area contributed by atoms with E-state index in [1.807, 2.05) is 6.92 Å². The highest BCUT2D eigenvalue weighted by molar-refractivity contribution is 6.31. The van der Waals surface area contributed by atoms with Crippen LogP contribution in [0.1, 0.15) is 11.1 Å². The van der Waals surface area contributed by atoms with E-state index in [9.17, 15) is 9.59 Å². The molecule has 4 nitrogen and oxygen atoms in total. The van der Waals surface area contributed by atoms with Crippen molar-refractivity contribution in [2.24, 2.45) is 0 Å². The number of aryl methyl sites for hydroxylation is 1. The second-order valence-electron chi connectivity index (χ2n) is 4.94. The molecule has 0 heterocycles. The first-order valence-corrected chi connectivity index (χ1v) is 7.66. The Morgan fingerprint density at radius 2 is 1.87 bits per heavy atom. The normalized spacial score (nSPS) is 10.2. The van der Waals surface area contributed by atoms with Crippen molar-refractivity contribution in [3.05, 3.63) is 63.6 Å². The van der Waals surface area contributed by atoms with Gasteiger partial charge in [-0.25, -0.2) is 0 Å². The fraction of sp³-hybridized carbons (Fsp3) is 0.176. The highest BCUT2D eigenvalue weighted by Gasteiger charge is 2.11. The first-order chi connectivity index (χ1) is 11.0. The lowest BCUT2D eigenvalue weighted by Gasteiger charge is -2.09. The lowest BCUT2D eigenvalue weighted by atomic mass is 10.1. The fourth-order valence-electron chi connectivity index (χ4n) is 1.91. The Labute approximate surface area is 144 Å². The minimum absolute atomic E-state index is 0.0170. The van der Waals surface area contributed by atoms with Crippen LogP contribution < -0.4 is 5.32 Å². The minimum atomic E-state index is -0.518. The molecule has 1 N–H and O–H groups in total. The molecule has 0 aliphatic carbocycles. The average Bonchev–Trinajstić information content (AvgIpc) is 2.51. The van der Waals surface area contributed by atoms with Gasteiger partial charge in [0.1, 0.15) is 0 Å². The number of rotatable bonds is 5. The number of hydrogen-bond acceptors (Lipinski definition) is 3. The maximum atomic E-state index is 11.8. The average molecular weight is 352 g/mol. The van der Waals surface area contributed by atoms with Crippen molar-refractivity contribution in [2.75, 3.05) is 11.9 Å². The molecular weight excluding hydrogens is 337 g/mol. The summed E-state index contributed by atoms with van der Waals surface area (Å²) < 4.78 is 4.96. The van der Waals surface area contributed by atoms with Crippen LogP contribution in [0.15, 0.2) is 42.5 Å². The first-order valence-electron chi connectivity index (χ1n) is 6.91. The number of carbonyl (C=O) groups excluding carboxylic acids is 2. The predicted octanol–water partition coefficient (Wildman–Crippen LogP) is 4.03. The summed E-state index contributed by atoms with van der Waals surface area (Å²) in [5, 5.41) is 3.66. The molecule has 2 aromatic carbocycles. The molecule has 0 aliphatic heterocycles. The lowest BCUT2D eigenvalue weighted by molar-refractivity contribution is -0.146. The molecule has 6 heteroatoms. The van der Waals surface area contributed by atoms with Crippen molar-refractivity contribution in [3.63, 3.8) is 0 Å². The molecule has 0 aliphatic rings. The number of hydrogen-bond donors (Lipinski definition) is 1. The van der Waals surface area contributed by atoms with E-state index in [1.54, 1.807) is 42.5 Å². The summed E-state index contributed by atoms with van der Waals surface area (Å²) in [7, 11) is 0. The molecule has 0 aromatic heterocycles. The molecule has 23 heavy (non-hydrogen) atoms. The quantitative estimate of drug-likeness (QED) is 0.827. The van der Waals surface area contributed by atoms with Gasteiger partial charge in [-0.3, -0.25) is 9.59 Å². The van der Waals surface area contributed by atoms with Crippen LogP contribution in [0.4, 0.5) is 5.69 Å². The van der Waals surface area contributed by atoms with Gasteiger partial charge in [-0.05, 0) is 36.2 Å². The maximum Gasteiger partial charge on any atom is 0.310 e. The molecule has 0 bridgehead atoms. The number of halogens is 2. The largest absolute Gasteiger partial charge is 0.455 e. The van der Waals surface area contributed by atoms with E-state index < -0.39 is 11.9 Å². The van der Waals surface area contributed by atoms with Crippen molar-refractivity contribution in [1.82, 2.24) is 0 Å². The smallest absolute Gasteiger partial charge is 0.310 e. The second-order valence-corrected chi connectivity index (χ2v) is 5.78. The zero-order chi connectivity index (χ0) is 16.8. The molecule has 0 spiro atoms. The van der Waals surface area contributed by atoms with Crippen LogP contribution in [0, 0.1) is 6.92 Å². The zero-order valence-electron chi connectivity index (χ0n) is 12.4. The van der Waals surface area contributed by atoms with Crippen LogP contribution >= 0.6 is 23.2 Å². The standard InChI is InChI=1S/C17H15Cl2NO3/c1-11-6-7-13(18)9-15(11)20-16(21)10-23-17(22)8-12-4-2-3-5-14(12)19/h2-7,9H,8,10H2,1H3,(H,20,21). The summed E-state index contributed by atoms with van der Waals surface area (Å²) >= 11 is 11.9. The van der Waals surface area contributed by atoms with Gasteiger partial charge >= 0.3 is 5.97 Å². The van der Waals surface area contributed by atoms with Crippen LogP contribution in [0.2, 0.25) is 10.0 Å². The molecule has 0 saturated heterocycles. The number of carbonyl (C=O) groups is 2. The molecule has 0 unspecified atom stereocenters. The van der Waals surface area contributed by atoms with Gasteiger partial charge in [0.25, 0.3) is 5.91 Å². The Bertz CT molecular complexity index is 732. The van der Waals surface area contributed by atoms with Gasteiger partial charge in [0.15, 0.2) is 6.61 Å². The van der Waals surface area contributed by atoms with Gasteiger partial charge in [-0.2, -0.15) is 0 Å². The summed E-state index contributed by atoms with van der Waals surface area (Å²) in [5.41, 5.74) is 2.11. The molecule has 120 valence electrons. The van der Waals surface area contributed by atoms with E-state index in [0.29, 0.717) is 21.3 Å². The van der Waals surface area contributed by atoms with Gasteiger partial charge in [-0.15, -0.1) is 0 Å². The summed E-state index contributed by atoms with van der Waals surface area (Å²) in [6.45, 7) is 1.48. The van der Waals surface area contributed by atoms with Crippen LogP contribution in [0.25, 0.3) is 0 Å². The predicted molar refractivity (Wildman–Crippen MR) is 90.9 cm³/mol. The van der Waals surface area contributed by atoms with Crippen LogP contribution in [0.3, 0.4) is 0 Å². The van der Waals surface area contributed by atoms with E-state index in [1.165, 1.54) is 0 Å². The number of amides is 1. The molecular formula is C17H15Cl2NO3. The molecule has 0 fully saturated rings. The first kappa shape index (κ1) is 17.3. The fourth-order valence-corrected chi connectivity index (χ4v) is 2.28. The highest BCUT2D eigenvalue weighted by Crippen LogP contribution is 2.20. The summed E-state index contributed by atoms with van der Waals surface area (Å²) in [4.78, 5) is 23.6. The molecule has 0 saturated carbocycles. The zero-order valence-corrected chi connectivity index (χ0v) is 13.9. The third kappa shape index (κ3) is 5.27. The molecule has 2 rings (SSSR count). The van der Waals surface area contributed by atoms with Crippen LogP contribution in [-0.4, -0.2) is 18.5 Å². The van der Waals surface area contributed by atoms with E-state index in [2.05, 4.69) is 5.32 Å².